The van der Waals surface area contributed by atoms with Crippen LogP contribution in [0.1, 0.15) is 10.4 Å². The molecule has 2 N–H and O–H groups in total. The van der Waals surface area contributed by atoms with E-state index in [2.05, 4.69) is 5.32 Å². The van der Waals surface area contributed by atoms with Crippen LogP contribution in [0.3, 0.4) is 0 Å². The van der Waals surface area contributed by atoms with Gasteiger partial charge >= 0.3 is 11.7 Å². The number of carbonyl (C=O) groups is 2. The largest absolute Gasteiger partial charge is 0.496 e. The minimum absolute atomic E-state index is 0.0815. The first-order chi connectivity index (χ1) is 9.40. The second kappa shape index (κ2) is 6.36. The number of hydrogen-bond acceptors (Lipinski definition) is 6. The number of nitro benzene ring substituents is 1. The Balaban J connectivity index is 3.28. The fourth-order valence-electron chi connectivity index (χ4n) is 1.48. The Morgan fingerprint density at radius 2 is 2.00 bits per heavy atom. The lowest BCUT2D eigenvalue weighted by atomic mass is 10.1. The first kappa shape index (κ1) is 15.2. The molecule has 0 radical (unpaired) electrons. The van der Waals surface area contributed by atoms with Gasteiger partial charge in [0.2, 0.25) is 5.75 Å². The van der Waals surface area contributed by atoms with Crippen LogP contribution in [0, 0.1) is 10.1 Å². The highest BCUT2D eigenvalue weighted by atomic mass is 16.6. The van der Waals surface area contributed by atoms with E-state index in [9.17, 15) is 19.7 Å². The number of carbonyl (C=O) groups excluding carboxylic acids is 1. The summed E-state index contributed by atoms with van der Waals surface area (Å²) in [5.41, 5.74) is -0.632. The number of amides is 1. The van der Waals surface area contributed by atoms with E-state index >= 15 is 0 Å². The third-order valence-electron chi connectivity index (χ3n) is 2.32. The highest BCUT2D eigenvalue weighted by Gasteiger charge is 2.25. The van der Waals surface area contributed by atoms with Gasteiger partial charge in [-0.05, 0) is 6.07 Å². The summed E-state index contributed by atoms with van der Waals surface area (Å²) >= 11 is 0. The zero-order valence-electron chi connectivity index (χ0n) is 10.7. The van der Waals surface area contributed by atoms with Crippen molar-refractivity contribution in [3.05, 3.63) is 27.8 Å². The van der Waals surface area contributed by atoms with Crippen LogP contribution in [0.4, 0.5) is 5.69 Å². The number of hydrogen-bond donors (Lipinski definition) is 2. The van der Waals surface area contributed by atoms with Gasteiger partial charge in [-0.15, -0.1) is 0 Å². The van der Waals surface area contributed by atoms with Gasteiger partial charge in [-0.2, -0.15) is 0 Å². The van der Waals surface area contributed by atoms with E-state index in [1.807, 2.05) is 0 Å². The van der Waals surface area contributed by atoms with Crippen molar-refractivity contribution in [1.82, 2.24) is 5.32 Å². The van der Waals surface area contributed by atoms with Crippen LogP contribution < -0.4 is 14.8 Å². The summed E-state index contributed by atoms with van der Waals surface area (Å²) < 4.78 is 9.72. The maximum atomic E-state index is 11.8. The first-order valence-electron chi connectivity index (χ1n) is 5.31. The molecule has 9 nitrogen and oxygen atoms in total. The van der Waals surface area contributed by atoms with Crippen molar-refractivity contribution < 1.29 is 29.1 Å². The van der Waals surface area contributed by atoms with Crippen LogP contribution in [0.2, 0.25) is 0 Å². The molecule has 20 heavy (non-hydrogen) atoms. The predicted octanol–water partition coefficient (Wildman–Crippen LogP) is 0.426. The standard InChI is InChI=1S/C11H12N2O7/c1-19-6-3-7(11(16)12-5-9(14)15)10(20-2)8(4-6)13(17)18/h3-4H,5H2,1-2H3,(H,12,16)(H,14,15). The molecule has 1 rings (SSSR count). The number of ether oxygens (including phenoxy) is 2. The molecular weight excluding hydrogens is 272 g/mol. The molecule has 0 unspecified atom stereocenters. The third-order valence-corrected chi connectivity index (χ3v) is 2.32. The van der Waals surface area contributed by atoms with Crippen LogP contribution in [-0.2, 0) is 4.79 Å². The SMILES string of the molecule is COc1cc(C(=O)NCC(=O)O)c(OC)c([N+](=O)[O-])c1. The fourth-order valence-corrected chi connectivity index (χ4v) is 1.48. The highest BCUT2D eigenvalue weighted by molar-refractivity contribution is 6.00. The third kappa shape index (κ3) is 3.34. The van der Waals surface area contributed by atoms with Crippen molar-refractivity contribution in [3.63, 3.8) is 0 Å². The number of aliphatic carboxylic acids is 1. The smallest absolute Gasteiger partial charge is 0.322 e. The van der Waals surface area contributed by atoms with Gasteiger partial charge in [-0.3, -0.25) is 19.7 Å². The molecule has 1 aromatic carbocycles. The Morgan fingerprint density at radius 3 is 2.45 bits per heavy atom. The molecule has 0 spiro atoms. The molecule has 0 heterocycles. The summed E-state index contributed by atoms with van der Waals surface area (Å²) in [6, 6.07) is 2.33. The van der Waals surface area contributed by atoms with Gasteiger partial charge < -0.3 is 19.9 Å². The van der Waals surface area contributed by atoms with E-state index in [-0.39, 0.29) is 17.1 Å². The Kier molecular flexibility index (Phi) is 4.84. The van der Waals surface area contributed by atoms with E-state index in [1.165, 1.54) is 20.3 Å². The van der Waals surface area contributed by atoms with Crippen LogP contribution in [0.5, 0.6) is 11.5 Å². The van der Waals surface area contributed by atoms with Gasteiger partial charge in [0.1, 0.15) is 12.3 Å². The Labute approximate surface area is 113 Å². The minimum atomic E-state index is -1.24. The van der Waals surface area contributed by atoms with Gasteiger partial charge in [0.05, 0.1) is 30.8 Å². The van der Waals surface area contributed by atoms with Crippen LogP contribution in [0.15, 0.2) is 12.1 Å². The van der Waals surface area contributed by atoms with E-state index in [0.717, 1.165) is 6.07 Å². The van der Waals surface area contributed by atoms with Crippen molar-refractivity contribution in [2.45, 2.75) is 0 Å². The Morgan fingerprint density at radius 1 is 1.35 bits per heavy atom. The van der Waals surface area contributed by atoms with Gasteiger partial charge in [0.25, 0.3) is 5.91 Å². The summed E-state index contributed by atoms with van der Waals surface area (Å²) in [5.74, 6) is -2.24. The lowest BCUT2D eigenvalue weighted by molar-refractivity contribution is -0.385. The maximum absolute atomic E-state index is 11.8. The average molecular weight is 284 g/mol. The summed E-state index contributed by atoms with van der Waals surface area (Å²) in [4.78, 5) is 32.5. The molecule has 0 bridgehead atoms. The number of methoxy groups -OCH3 is 2. The lowest BCUT2D eigenvalue weighted by Crippen LogP contribution is -2.29. The van der Waals surface area contributed by atoms with Gasteiger partial charge in [-0.25, -0.2) is 0 Å². The average Bonchev–Trinajstić information content (AvgIpc) is 2.42. The summed E-state index contributed by atoms with van der Waals surface area (Å²) in [6.07, 6.45) is 0. The second-order valence-corrected chi connectivity index (χ2v) is 3.56. The molecule has 0 saturated carbocycles. The van der Waals surface area contributed by atoms with Gasteiger partial charge in [0.15, 0.2) is 0 Å². The summed E-state index contributed by atoms with van der Waals surface area (Å²) in [5, 5.41) is 21.5. The molecule has 1 aromatic rings. The Bertz CT molecular complexity index is 556. The van der Waals surface area contributed by atoms with Crippen LogP contribution in [-0.4, -0.2) is 42.7 Å². The highest BCUT2D eigenvalue weighted by Crippen LogP contribution is 2.35. The monoisotopic (exact) mass is 284 g/mol. The quantitative estimate of drug-likeness (QED) is 0.572. The fraction of sp³-hybridized carbons (Fsp3) is 0.273. The number of carboxylic acid groups (broad SMARTS) is 1. The first-order valence-corrected chi connectivity index (χ1v) is 5.31. The molecule has 0 aliphatic rings. The summed E-state index contributed by atoms with van der Waals surface area (Å²) in [6.45, 7) is -0.618. The normalized spacial score (nSPS) is 9.70. The van der Waals surface area contributed by atoms with E-state index in [4.69, 9.17) is 14.6 Å². The van der Waals surface area contributed by atoms with Crippen LogP contribution in [0.25, 0.3) is 0 Å². The molecule has 0 aromatic heterocycles. The zero-order valence-corrected chi connectivity index (χ0v) is 10.7. The van der Waals surface area contributed by atoms with Gasteiger partial charge in [-0.1, -0.05) is 0 Å². The number of rotatable bonds is 6. The topological polar surface area (TPSA) is 128 Å². The van der Waals surface area contributed by atoms with E-state index in [0.29, 0.717) is 0 Å². The number of carboxylic acids is 1. The molecular formula is C11H12N2O7. The van der Waals surface area contributed by atoms with Crippen molar-refractivity contribution in [3.8, 4) is 11.5 Å². The van der Waals surface area contributed by atoms with Crippen molar-refractivity contribution in [2.75, 3.05) is 20.8 Å². The molecule has 0 saturated heterocycles. The van der Waals surface area contributed by atoms with Crippen molar-refractivity contribution >= 4 is 17.6 Å². The second-order valence-electron chi connectivity index (χ2n) is 3.56. The van der Waals surface area contributed by atoms with Crippen molar-refractivity contribution in [1.29, 1.82) is 0 Å². The minimum Gasteiger partial charge on any atom is -0.496 e. The number of nitrogens with one attached hydrogen (secondary N) is 1. The van der Waals surface area contributed by atoms with Crippen molar-refractivity contribution in [2.24, 2.45) is 0 Å². The van der Waals surface area contributed by atoms with E-state index in [1.54, 1.807) is 0 Å². The Hall–Kier alpha value is -2.84. The van der Waals surface area contributed by atoms with E-state index < -0.39 is 29.0 Å². The molecule has 0 atom stereocenters. The lowest BCUT2D eigenvalue weighted by Gasteiger charge is -2.10. The van der Waals surface area contributed by atoms with Crippen LogP contribution >= 0.6 is 0 Å². The molecule has 0 aliphatic carbocycles. The van der Waals surface area contributed by atoms with Gasteiger partial charge in [0, 0.05) is 0 Å². The number of nitrogens with zero attached hydrogens (tertiary/aromatic N) is 1. The predicted molar refractivity (Wildman–Crippen MR) is 66.2 cm³/mol. The molecule has 9 heteroatoms. The molecule has 1 amide bonds. The molecule has 0 fully saturated rings. The summed E-state index contributed by atoms with van der Waals surface area (Å²) in [7, 11) is 2.45. The molecule has 108 valence electrons. The number of benzene rings is 1. The molecule has 0 aliphatic heterocycles. The number of nitro groups is 1. The zero-order chi connectivity index (χ0) is 15.3. The maximum Gasteiger partial charge on any atom is 0.322 e.